The zero-order chi connectivity index (χ0) is 15.6. The summed E-state index contributed by atoms with van der Waals surface area (Å²) >= 11 is 0. The van der Waals surface area contributed by atoms with Crippen molar-refractivity contribution in [2.75, 3.05) is 18.6 Å². The second kappa shape index (κ2) is 5.90. The van der Waals surface area contributed by atoms with Gasteiger partial charge >= 0.3 is 5.97 Å². The quantitative estimate of drug-likeness (QED) is 0.762. The Morgan fingerprint density at radius 2 is 1.85 bits per heavy atom. The van der Waals surface area contributed by atoms with E-state index in [1.165, 1.54) is 12.1 Å². The molecule has 0 aliphatic rings. The molecule has 9 heteroatoms. The Hall–Kier alpha value is -1.45. The molecule has 0 fully saturated rings. The molecule has 20 heavy (non-hydrogen) atoms. The van der Waals surface area contributed by atoms with E-state index in [9.17, 15) is 21.6 Å². The summed E-state index contributed by atoms with van der Waals surface area (Å²) in [6.07, 6.45) is 0.996. The van der Waals surface area contributed by atoms with E-state index in [-0.39, 0.29) is 22.8 Å². The highest BCUT2D eigenvalue weighted by atomic mass is 32.2. The fraction of sp³-hybridized carbons (Fsp3) is 0.364. The van der Waals surface area contributed by atoms with Crippen molar-refractivity contribution in [3.63, 3.8) is 0 Å². The number of carbonyl (C=O) groups is 1. The van der Waals surface area contributed by atoms with E-state index in [1.807, 2.05) is 0 Å². The highest BCUT2D eigenvalue weighted by Gasteiger charge is 2.18. The second-order valence-corrected chi connectivity index (χ2v) is 8.34. The number of aromatic carboxylic acids is 1. The predicted molar refractivity (Wildman–Crippen MR) is 73.0 cm³/mol. The lowest BCUT2D eigenvalue weighted by Gasteiger charge is -2.08. The van der Waals surface area contributed by atoms with Gasteiger partial charge in [0.15, 0.2) is 0 Å². The Morgan fingerprint density at radius 1 is 1.25 bits per heavy atom. The van der Waals surface area contributed by atoms with Crippen LogP contribution in [0.1, 0.15) is 15.9 Å². The first-order chi connectivity index (χ1) is 9.03. The molecule has 1 aromatic rings. The smallest absolute Gasteiger partial charge is 0.335 e. The Kier molecular flexibility index (Phi) is 4.90. The summed E-state index contributed by atoms with van der Waals surface area (Å²) in [6, 6.07) is 3.69. The first kappa shape index (κ1) is 16.6. The van der Waals surface area contributed by atoms with Gasteiger partial charge in [0.05, 0.1) is 16.2 Å². The van der Waals surface area contributed by atoms with Crippen molar-refractivity contribution < 1.29 is 26.7 Å². The molecule has 0 aliphatic carbocycles. The third-order valence-corrected chi connectivity index (χ3v) is 4.92. The summed E-state index contributed by atoms with van der Waals surface area (Å²) in [7, 11) is -7.21. The predicted octanol–water partition coefficient (Wildman–Crippen LogP) is 0.0161. The fourth-order valence-corrected chi connectivity index (χ4v) is 3.10. The molecule has 112 valence electrons. The van der Waals surface area contributed by atoms with E-state index in [4.69, 9.17) is 5.11 Å². The van der Waals surface area contributed by atoms with Gasteiger partial charge in [0.2, 0.25) is 10.0 Å². The van der Waals surface area contributed by atoms with Crippen molar-refractivity contribution in [1.82, 2.24) is 4.72 Å². The van der Waals surface area contributed by atoms with Crippen LogP contribution in [0.3, 0.4) is 0 Å². The minimum Gasteiger partial charge on any atom is -0.478 e. The number of rotatable bonds is 6. The number of sulfone groups is 1. The van der Waals surface area contributed by atoms with Gasteiger partial charge in [-0.2, -0.15) is 0 Å². The molecule has 1 rings (SSSR count). The van der Waals surface area contributed by atoms with E-state index < -0.39 is 25.8 Å². The largest absolute Gasteiger partial charge is 0.478 e. The molecular formula is C11H15NO6S2. The molecule has 2 N–H and O–H groups in total. The molecule has 0 bridgehead atoms. The number of hydrogen-bond acceptors (Lipinski definition) is 5. The van der Waals surface area contributed by atoms with Gasteiger partial charge in [-0.3, -0.25) is 0 Å². The molecule has 0 amide bonds. The van der Waals surface area contributed by atoms with Crippen molar-refractivity contribution in [1.29, 1.82) is 0 Å². The van der Waals surface area contributed by atoms with Crippen LogP contribution in [0.5, 0.6) is 0 Å². The topological polar surface area (TPSA) is 118 Å². The van der Waals surface area contributed by atoms with Crippen LogP contribution in [0.2, 0.25) is 0 Å². The Balaban J connectivity index is 2.99. The Labute approximate surface area is 117 Å². The van der Waals surface area contributed by atoms with Gasteiger partial charge in [-0.1, -0.05) is 6.07 Å². The molecule has 0 saturated carbocycles. The van der Waals surface area contributed by atoms with E-state index >= 15 is 0 Å². The molecule has 0 radical (unpaired) electrons. The third kappa shape index (κ3) is 4.58. The second-order valence-electron chi connectivity index (χ2n) is 4.31. The number of carboxylic acids is 1. The molecule has 0 aromatic heterocycles. The Morgan fingerprint density at radius 3 is 2.35 bits per heavy atom. The number of carboxylic acid groups (broad SMARTS) is 1. The van der Waals surface area contributed by atoms with Crippen LogP contribution in [0, 0.1) is 6.92 Å². The van der Waals surface area contributed by atoms with Gasteiger partial charge in [-0.25, -0.2) is 26.4 Å². The summed E-state index contributed by atoms with van der Waals surface area (Å²) in [4.78, 5) is 10.7. The van der Waals surface area contributed by atoms with E-state index in [0.717, 1.165) is 12.3 Å². The fourth-order valence-electron chi connectivity index (χ4n) is 1.44. The zero-order valence-corrected chi connectivity index (χ0v) is 12.6. The summed E-state index contributed by atoms with van der Waals surface area (Å²) in [5.74, 6) is -1.56. The molecule has 0 unspecified atom stereocenters. The van der Waals surface area contributed by atoms with Crippen LogP contribution in [0.25, 0.3) is 0 Å². The molecule has 0 spiro atoms. The van der Waals surface area contributed by atoms with Crippen LogP contribution in [0.15, 0.2) is 23.1 Å². The molecule has 0 atom stereocenters. The minimum absolute atomic E-state index is 0.115. The molecule has 1 aromatic carbocycles. The Bertz CT molecular complexity index is 721. The average molecular weight is 321 g/mol. The summed E-state index contributed by atoms with van der Waals surface area (Å²) in [5.41, 5.74) is 0.323. The highest BCUT2D eigenvalue weighted by molar-refractivity contribution is 7.91. The van der Waals surface area contributed by atoms with Crippen LogP contribution in [-0.2, 0) is 19.9 Å². The lowest BCUT2D eigenvalue weighted by Crippen LogP contribution is -2.29. The molecule has 7 nitrogen and oxygen atoms in total. The minimum atomic E-state index is -3.93. The third-order valence-electron chi connectivity index (χ3n) is 2.51. The molecule has 0 aliphatic heterocycles. The maximum atomic E-state index is 11.9. The van der Waals surface area contributed by atoms with E-state index in [0.29, 0.717) is 5.56 Å². The normalized spacial score (nSPS) is 12.3. The van der Waals surface area contributed by atoms with Crippen molar-refractivity contribution in [3.8, 4) is 0 Å². The lowest BCUT2D eigenvalue weighted by molar-refractivity contribution is 0.0696. The van der Waals surface area contributed by atoms with Crippen molar-refractivity contribution in [2.45, 2.75) is 11.8 Å². The average Bonchev–Trinajstić information content (AvgIpc) is 2.26. The molecular weight excluding hydrogens is 306 g/mol. The number of nitrogens with one attached hydrogen (secondary N) is 1. The van der Waals surface area contributed by atoms with Gasteiger partial charge in [0.1, 0.15) is 9.84 Å². The summed E-state index contributed by atoms with van der Waals surface area (Å²) in [6.45, 7) is 1.29. The van der Waals surface area contributed by atoms with Gasteiger partial charge in [0, 0.05) is 12.8 Å². The first-order valence-corrected chi connectivity index (χ1v) is 9.08. The number of sulfonamides is 1. The van der Waals surface area contributed by atoms with Crippen molar-refractivity contribution in [2.24, 2.45) is 0 Å². The van der Waals surface area contributed by atoms with Gasteiger partial charge < -0.3 is 5.11 Å². The first-order valence-electron chi connectivity index (χ1n) is 5.54. The van der Waals surface area contributed by atoms with Crippen LogP contribution in [0.4, 0.5) is 0 Å². The number of benzene rings is 1. The van der Waals surface area contributed by atoms with E-state index in [1.54, 1.807) is 6.92 Å². The highest BCUT2D eigenvalue weighted by Crippen LogP contribution is 2.15. The van der Waals surface area contributed by atoms with Gasteiger partial charge in [-0.05, 0) is 24.6 Å². The monoisotopic (exact) mass is 321 g/mol. The lowest BCUT2D eigenvalue weighted by atomic mass is 10.1. The van der Waals surface area contributed by atoms with Crippen LogP contribution in [-0.4, -0.2) is 46.5 Å². The number of aryl methyl sites for hydroxylation is 1. The van der Waals surface area contributed by atoms with Gasteiger partial charge in [0.25, 0.3) is 0 Å². The van der Waals surface area contributed by atoms with Crippen LogP contribution >= 0.6 is 0 Å². The standard InChI is InChI=1S/C11H15NO6S2/c1-8-3-4-9(7-10(8)11(13)14)20(17,18)12-5-6-19(2,15)16/h3-4,7,12H,5-6H2,1-2H3,(H,13,14). The maximum Gasteiger partial charge on any atom is 0.335 e. The SMILES string of the molecule is Cc1ccc(S(=O)(=O)NCCS(C)(=O)=O)cc1C(=O)O. The summed E-state index contributed by atoms with van der Waals surface area (Å²) in [5, 5.41) is 8.94. The van der Waals surface area contributed by atoms with Crippen molar-refractivity contribution >= 4 is 25.8 Å². The van der Waals surface area contributed by atoms with Crippen LogP contribution < -0.4 is 4.72 Å². The number of hydrogen-bond donors (Lipinski definition) is 2. The maximum absolute atomic E-state index is 11.9. The van der Waals surface area contributed by atoms with Gasteiger partial charge in [-0.15, -0.1) is 0 Å². The molecule has 0 heterocycles. The van der Waals surface area contributed by atoms with Crippen molar-refractivity contribution in [3.05, 3.63) is 29.3 Å². The van der Waals surface area contributed by atoms with E-state index in [2.05, 4.69) is 4.72 Å². The summed E-state index contributed by atoms with van der Waals surface area (Å²) < 4.78 is 47.8. The molecule has 0 saturated heterocycles. The zero-order valence-electron chi connectivity index (χ0n) is 11.0.